The maximum Gasteiger partial charge on any atom is 0.341 e. The molecular formula is C33H33N3O4S3. The molecule has 2 aromatic carbocycles. The smallest absolute Gasteiger partial charge is 0.341 e. The number of allylic oxidation sites excluding steroid dienone is 2. The molecule has 0 saturated heterocycles. The van der Waals surface area contributed by atoms with Gasteiger partial charge in [0.15, 0.2) is 0 Å². The average molecular weight is 632 g/mol. The Hall–Kier alpha value is -3.47. The number of thioether (sulfide) groups is 2. The van der Waals surface area contributed by atoms with Crippen molar-refractivity contribution in [1.82, 2.24) is 0 Å². The van der Waals surface area contributed by atoms with E-state index >= 15 is 0 Å². The van der Waals surface area contributed by atoms with Gasteiger partial charge in [-0.15, -0.1) is 34.9 Å². The number of rotatable bonds is 6. The van der Waals surface area contributed by atoms with E-state index in [1.807, 2.05) is 72.5 Å². The number of carbonyl (C=O) groups excluding carboxylic acids is 3. The first-order chi connectivity index (χ1) is 20.8. The molecule has 43 heavy (non-hydrogen) atoms. The normalized spacial score (nSPS) is 20.8. The van der Waals surface area contributed by atoms with Crippen LogP contribution in [0.4, 0.5) is 21.2 Å². The van der Waals surface area contributed by atoms with Gasteiger partial charge in [0, 0.05) is 20.4 Å². The summed E-state index contributed by atoms with van der Waals surface area (Å²) in [5.74, 6) is -0.0580. The number of ether oxygens (including phenoxy) is 1. The molecule has 0 saturated carbocycles. The second-order valence-electron chi connectivity index (χ2n) is 10.9. The van der Waals surface area contributed by atoms with Crippen molar-refractivity contribution in [3.63, 3.8) is 0 Å². The second-order valence-corrected chi connectivity index (χ2v) is 14.7. The number of nitrogens with zero attached hydrogens (tertiary/aromatic N) is 1. The Morgan fingerprint density at radius 1 is 1.07 bits per heavy atom. The predicted molar refractivity (Wildman–Crippen MR) is 177 cm³/mol. The number of thiophene rings is 1. The van der Waals surface area contributed by atoms with Crippen molar-refractivity contribution in [1.29, 1.82) is 0 Å². The first-order valence-corrected chi connectivity index (χ1v) is 16.9. The highest BCUT2D eigenvalue weighted by Crippen LogP contribution is 2.44. The van der Waals surface area contributed by atoms with Crippen LogP contribution in [0.2, 0.25) is 0 Å². The summed E-state index contributed by atoms with van der Waals surface area (Å²) >= 11 is 4.65. The van der Waals surface area contributed by atoms with Crippen molar-refractivity contribution in [3.05, 3.63) is 88.8 Å². The first kappa shape index (κ1) is 29.6. The highest BCUT2D eigenvalue weighted by Gasteiger charge is 2.37. The fraction of sp³-hybridized carbons (Fsp3) is 0.303. The number of urea groups is 1. The van der Waals surface area contributed by atoms with Crippen molar-refractivity contribution in [2.75, 3.05) is 22.6 Å². The molecule has 1 aromatic heterocycles. The summed E-state index contributed by atoms with van der Waals surface area (Å²) in [5, 5.41) is 6.36. The lowest BCUT2D eigenvalue weighted by Gasteiger charge is -2.40. The highest BCUT2D eigenvalue weighted by atomic mass is 32.2. The number of benzene rings is 2. The number of amides is 3. The summed E-state index contributed by atoms with van der Waals surface area (Å²) in [4.78, 5) is 44.5. The third kappa shape index (κ3) is 6.14. The highest BCUT2D eigenvalue weighted by molar-refractivity contribution is 8.00. The van der Waals surface area contributed by atoms with Crippen molar-refractivity contribution in [2.24, 2.45) is 5.92 Å². The van der Waals surface area contributed by atoms with Crippen LogP contribution in [0.3, 0.4) is 0 Å². The summed E-state index contributed by atoms with van der Waals surface area (Å²) in [6, 6.07) is 15.2. The molecule has 0 bridgehead atoms. The van der Waals surface area contributed by atoms with Crippen molar-refractivity contribution < 1.29 is 19.1 Å². The molecule has 4 unspecified atom stereocenters. The van der Waals surface area contributed by atoms with Gasteiger partial charge in [0.05, 0.1) is 34.9 Å². The third-order valence-electron chi connectivity index (χ3n) is 7.87. The van der Waals surface area contributed by atoms with Crippen LogP contribution in [0.5, 0.6) is 0 Å². The second kappa shape index (κ2) is 12.6. The number of para-hydroxylation sites is 1. The van der Waals surface area contributed by atoms with Gasteiger partial charge in [0.1, 0.15) is 5.00 Å². The summed E-state index contributed by atoms with van der Waals surface area (Å²) in [5.41, 5.74) is 3.04. The van der Waals surface area contributed by atoms with E-state index in [1.54, 1.807) is 11.8 Å². The zero-order valence-corrected chi connectivity index (χ0v) is 26.6. The summed E-state index contributed by atoms with van der Waals surface area (Å²) < 4.78 is 5.07. The molecule has 1 aliphatic heterocycles. The quantitative estimate of drug-likeness (QED) is 0.213. The fourth-order valence-corrected chi connectivity index (χ4v) is 9.27. The Labute approximate surface area is 264 Å². The number of hydrogen-bond acceptors (Lipinski definition) is 7. The molecule has 2 N–H and O–H groups in total. The zero-order chi connectivity index (χ0) is 30.1. The molecule has 7 nitrogen and oxygen atoms in total. The van der Waals surface area contributed by atoms with E-state index in [0.717, 1.165) is 45.2 Å². The summed E-state index contributed by atoms with van der Waals surface area (Å²) in [6.07, 6.45) is 10.9. The van der Waals surface area contributed by atoms with Crippen LogP contribution in [0.25, 0.3) is 0 Å². The van der Waals surface area contributed by atoms with Gasteiger partial charge in [-0.25, -0.2) is 9.59 Å². The molecular weight excluding hydrogens is 599 g/mol. The van der Waals surface area contributed by atoms with Crippen LogP contribution in [0.15, 0.2) is 82.6 Å². The van der Waals surface area contributed by atoms with E-state index in [4.69, 9.17) is 4.74 Å². The molecule has 0 radical (unpaired) electrons. The number of fused-ring (bicyclic) bond motifs is 3. The van der Waals surface area contributed by atoms with E-state index in [-0.39, 0.29) is 23.2 Å². The third-order valence-corrected chi connectivity index (χ3v) is 11.4. The van der Waals surface area contributed by atoms with Gasteiger partial charge in [-0.2, -0.15) is 0 Å². The number of methoxy groups -OCH3 is 1. The van der Waals surface area contributed by atoms with Gasteiger partial charge >= 0.3 is 12.0 Å². The standard InChI is InChI=1S/C33H33N3O4S3/c1-19-15-16-23-28(17-19)43-31(29(23)32(38)40-3)35-30(37)20(2)41-22-10-8-9-21(18-22)34-33(39)36-24-11-4-6-13-26(24)42-27-14-7-5-12-25(27)36/h4-14,18-20,24,26H,15-17H2,1-3H3,(H,34,39)(H,35,37). The molecule has 0 fully saturated rings. The van der Waals surface area contributed by atoms with Gasteiger partial charge in [0.25, 0.3) is 0 Å². The predicted octanol–water partition coefficient (Wildman–Crippen LogP) is 7.79. The number of nitrogens with one attached hydrogen (secondary N) is 2. The molecule has 2 heterocycles. The van der Waals surface area contributed by atoms with E-state index in [0.29, 0.717) is 22.2 Å². The monoisotopic (exact) mass is 631 g/mol. The molecule has 6 rings (SSSR count). The van der Waals surface area contributed by atoms with Crippen LogP contribution in [-0.4, -0.2) is 41.6 Å². The Morgan fingerprint density at radius 3 is 2.72 bits per heavy atom. The maximum atomic E-state index is 13.7. The summed E-state index contributed by atoms with van der Waals surface area (Å²) in [6.45, 7) is 4.05. The molecule has 2 aliphatic carbocycles. The topological polar surface area (TPSA) is 87.7 Å². The fourth-order valence-electron chi connectivity index (χ4n) is 5.68. The van der Waals surface area contributed by atoms with Gasteiger partial charge in [0.2, 0.25) is 5.91 Å². The minimum Gasteiger partial charge on any atom is -0.465 e. The Bertz CT molecular complexity index is 1630. The van der Waals surface area contributed by atoms with E-state index < -0.39 is 11.2 Å². The van der Waals surface area contributed by atoms with E-state index in [1.165, 1.54) is 30.2 Å². The first-order valence-electron chi connectivity index (χ1n) is 14.3. The van der Waals surface area contributed by atoms with Crippen LogP contribution in [0.1, 0.15) is 41.1 Å². The van der Waals surface area contributed by atoms with E-state index in [2.05, 4.69) is 29.7 Å². The van der Waals surface area contributed by atoms with Gasteiger partial charge < -0.3 is 15.4 Å². The van der Waals surface area contributed by atoms with E-state index in [9.17, 15) is 14.4 Å². The van der Waals surface area contributed by atoms with Crippen molar-refractivity contribution in [2.45, 2.75) is 59.4 Å². The minimum absolute atomic E-state index is 0.0906. The molecule has 3 amide bonds. The lowest BCUT2D eigenvalue weighted by molar-refractivity contribution is -0.115. The van der Waals surface area contributed by atoms with Gasteiger partial charge in [-0.3, -0.25) is 9.69 Å². The largest absolute Gasteiger partial charge is 0.465 e. The molecule has 3 aromatic rings. The van der Waals surface area contributed by atoms with Gasteiger partial charge in [-0.1, -0.05) is 49.4 Å². The Balaban J connectivity index is 1.15. The zero-order valence-electron chi connectivity index (χ0n) is 24.2. The molecule has 3 aliphatic rings. The number of anilines is 3. The van der Waals surface area contributed by atoms with Crippen LogP contribution >= 0.6 is 34.9 Å². The number of carbonyl (C=O) groups is 3. The Kier molecular flexibility index (Phi) is 8.70. The average Bonchev–Trinajstić information content (AvgIpc) is 3.36. The summed E-state index contributed by atoms with van der Waals surface area (Å²) in [7, 11) is 1.37. The molecule has 222 valence electrons. The van der Waals surface area contributed by atoms with Crippen LogP contribution < -0.4 is 15.5 Å². The SMILES string of the molecule is COC(=O)c1c(NC(=O)C(C)Sc2cccc(NC(=O)N3c4ccccc4SC4C=CC=CC43)c2)sc2c1CCC(C)C2. The van der Waals surface area contributed by atoms with Crippen LogP contribution in [-0.2, 0) is 22.4 Å². The molecule has 0 spiro atoms. The van der Waals surface area contributed by atoms with Crippen molar-refractivity contribution in [3.8, 4) is 0 Å². The molecule has 4 atom stereocenters. The minimum atomic E-state index is -0.444. The number of esters is 1. The molecule has 10 heteroatoms. The van der Waals surface area contributed by atoms with Crippen molar-refractivity contribution >= 4 is 69.1 Å². The lowest BCUT2D eigenvalue weighted by Crippen LogP contribution is -2.49. The Morgan fingerprint density at radius 2 is 1.88 bits per heavy atom. The lowest BCUT2D eigenvalue weighted by atomic mass is 9.88. The number of hydrogen-bond donors (Lipinski definition) is 2. The van der Waals surface area contributed by atoms with Crippen LogP contribution in [0, 0.1) is 5.92 Å². The van der Waals surface area contributed by atoms with Gasteiger partial charge in [-0.05, 0) is 68.0 Å². The maximum absolute atomic E-state index is 13.7.